The average Bonchev–Trinajstić information content (AvgIpc) is 2.50. The van der Waals surface area contributed by atoms with Gasteiger partial charge in [0, 0.05) is 11.6 Å². The fourth-order valence-electron chi connectivity index (χ4n) is 1.07. The number of fused-ring (bicyclic) bond motifs is 1. The number of para-hydroxylation sites is 1. The van der Waals surface area contributed by atoms with Gasteiger partial charge in [-0.05, 0) is 19.1 Å². The summed E-state index contributed by atoms with van der Waals surface area (Å²) in [5, 5.41) is 10.2. The third-order valence-electron chi connectivity index (χ3n) is 1.58. The van der Waals surface area contributed by atoms with Crippen LogP contribution in [0.25, 0.3) is 10.9 Å². The molecule has 0 unspecified atom stereocenters. The van der Waals surface area contributed by atoms with E-state index < -0.39 is 0 Å². The van der Waals surface area contributed by atoms with Crippen LogP contribution in [0, 0.1) is 0 Å². The van der Waals surface area contributed by atoms with Crippen LogP contribution in [0.5, 0.6) is 0 Å². The summed E-state index contributed by atoms with van der Waals surface area (Å²) in [6, 6.07) is 9.55. The molecule has 13 heavy (non-hydrogen) atoms. The first-order valence-electron chi connectivity index (χ1n) is 3.94. The van der Waals surface area contributed by atoms with Crippen molar-refractivity contribution in [1.29, 1.82) is 0 Å². The first-order valence-corrected chi connectivity index (χ1v) is 3.94. The van der Waals surface area contributed by atoms with E-state index >= 15 is 0 Å². The molecular formula is C10H11NO2. The van der Waals surface area contributed by atoms with Gasteiger partial charge in [-0.25, -0.2) is 0 Å². The molecule has 2 rings (SSSR count). The largest absolute Gasteiger partial charge is 0.428 e. The van der Waals surface area contributed by atoms with E-state index in [9.17, 15) is 0 Å². The predicted molar refractivity (Wildman–Crippen MR) is 50.9 cm³/mol. The van der Waals surface area contributed by atoms with Crippen LogP contribution in [-0.2, 0) is 4.79 Å². The number of hydrogen-bond donors (Lipinski definition) is 1. The fraction of sp³-hybridized carbons (Fsp3) is 0.100. The van der Waals surface area contributed by atoms with Gasteiger partial charge in [-0.15, -0.1) is 0 Å². The molecule has 0 atom stereocenters. The summed E-state index contributed by atoms with van der Waals surface area (Å²) in [5.41, 5.74) is 0.850. The molecule has 0 saturated heterocycles. The van der Waals surface area contributed by atoms with Crippen molar-refractivity contribution in [3.05, 3.63) is 36.5 Å². The Kier molecular flexibility index (Phi) is 3.09. The normalized spacial score (nSPS) is 9.00. The van der Waals surface area contributed by atoms with Gasteiger partial charge in [0.25, 0.3) is 0 Å². The zero-order valence-corrected chi connectivity index (χ0v) is 7.34. The first kappa shape index (κ1) is 9.32. The van der Waals surface area contributed by atoms with Gasteiger partial charge in [0.1, 0.15) is 6.29 Å². The molecule has 1 aromatic heterocycles. The van der Waals surface area contributed by atoms with Gasteiger partial charge in [-0.3, -0.25) is 0 Å². The summed E-state index contributed by atoms with van der Waals surface area (Å²) in [4.78, 5) is 8.81. The lowest BCUT2D eigenvalue weighted by molar-refractivity contribution is -0.106. The van der Waals surface area contributed by atoms with Crippen LogP contribution in [0.3, 0.4) is 0 Å². The molecule has 1 heterocycles. The molecule has 0 radical (unpaired) electrons. The summed E-state index contributed by atoms with van der Waals surface area (Å²) in [6.07, 6.45) is 2.38. The molecule has 3 nitrogen and oxygen atoms in total. The number of nitrogens with zero attached hydrogens (tertiary/aromatic N) is 1. The minimum atomic E-state index is 0.750. The average molecular weight is 177 g/mol. The number of aldehydes is 1. The summed E-state index contributed by atoms with van der Waals surface area (Å²) in [6.45, 7) is 1.44. The van der Waals surface area contributed by atoms with E-state index in [1.165, 1.54) is 6.92 Å². The smallest absolute Gasteiger partial charge is 0.116 e. The molecule has 68 valence electrons. The fourth-order valence-corrected chi connectivity index (χ4v) is 1.07. The molecule has 0 aliphatic rings. The summed E-state index contributed by atoms with van der Waals surface area (Å²) < 4.78 is 1.12. The Balaban J connectivity index is 0.000000251. The number of aromatic nitrogens is 1. The number of rotatable bonds is 0. The highest BCUT2D eigenvalue weighted by molar-refractivity contribution is 5.79. The number of benzene rings is 1. The minimum Gasteiger partial charge on any atom is -0.428 e. The summed E-state index contributed by atoms with van der Waals surface area (Å²) in [5.74, 6) is 0. The Hall–Kier alpha value is -1.77. The molecule has 0 bridgehead atoms. The van der Waals surface area contributed by atoms with Crippen LogP contribution in [-0.4, -0.2) is 16.2 Å². The van der Waals surface area contributed by atoms with E-state index in [1.807, 2.05) is 30.3 Å². The lowest BCUT2D eigenvalue weighted by Crippen LogP contribution is -1.83. The van der Waals surface area contributed by atoms with E-state index in [4.69, 9.17) is 10.0 Å². The van der Waals surface area contributed by atoms with Gasteiger partial charge in [-0.2, -0.15) is 4.73 Å². The van der Waals surface area contributed by atoms with E-state index in [-0.39, 0.29) is 0 Å². The Bertz CT molecular complexity index is 392. The lowest BCUT2D eigenvalue weighted by atomic mass is 10.3. The van der Waals surface area contributed by atoms with Crippen LogP contribution in [0.2, 0.25) is 0 Å². The van der Waals surface area contributed by atoms with Crippen LogP contribution >= 0.6 is 0 Å². The van der Waals surface area contributed by atoms with E-state index in [1.54, 1.807) is 6.20 Å². The van der Waals surface area contributed by atoms with Gasteiger partial charge < -0.3 is 10.0 Å². The van der Waals surface area contributed by atoms with Crippen LogP contribution in [0.1, 0.15) is 6.92 Å². The molecule has 0 amide bonds. The quantitative estimate of drug-likeness (QED) is 0.494. The highest BCUT2D eigenvalue weighted by Gasteiger charge is 1.94. The lowest BCUT2D eigenvalue weighted by Gasteiger charge is -1.91. The van der Waals surface area contributed by atoms with E-state index in [0.717, 1.165) is 21.9 Å². The zero-order chi connectivity index (χ0) is 9.68. The molecular weight excluding hydrogens is 166 g/mol. The van der Waals surface area contributed by atoms with Crippen molar-refractivity contribution in [2.24, 2.45) is 0 Å². The van der Waals surface area contributed by atoms with Gasteiger partial charge in [-0.1, -0.05) is 18.2 Å². The molecule has 2 aromatic rings. The highest BCUT2D eigenvalue weighted by Crippen LogP contribution is 2.12. The molecule has 3 heteroatoms. The number of carbonyl (C=O) groups excluding carboxylic acids is 1. The van der Waals surface area contributed by atoms with Crippen LogP contribution in [0.4, 0.5) is 0 Å². The molecule has 1 N–H and O–H groups in total. The maximum absolute atomic E-state index is 9.13. The SMILES string of the molecule is CC=O.On1ccc2ccccc21. The Labute approximate surface area is 76.2 Å². The number of carbonyl (C=O) groups is 1. The van der Waals surface area contributed by atoms with Gasteiger partial charge >= 0.3 is 0 Å². The standard InChI is InChI=1S/C8H7NO.C2H4O/c10-9-6-5-7-3-1-2-4-8(7)9;1-2-3/h1-6,10H;2H,1H3. The maximum Gasteiger partial charge on any atom is 0.116 e. The van der Waals surface area contributed by atoms with Crippen LogP contribution in [0.15, 0.2) is 36.5 Å². The van der Waals surface area contributed by atoms with Gasteiger partial charge in [0.15, 0.2) is 0 Å². The number of hydrogen-bond acceptors (Lipinski definition) is 2. The molecule has 0 aliphatic carbocycles. The third kappa shape index (κ3) is 2.08. The Morgan fingerprint density at radius 3 is 2.54 bits per heavy atom. The second-order valence-electron chi connectivity index (χ2n) is 2.45. The van der Waals surface area contributed by atoms with Gasteiger partial charge in [0.05, 0.1) is 5.52 Å². The van der Waals surface area contributed by atoms with Crippen molar-refractivity contribution < 1.29 is 10.0 Å². The molecule has 1 aromatic carbocycles. The second-order valence-corrected chi connectivity index (χ2v) is 2.45. The first-order chi connectivity index (χ1) is 6.29. The van der Waals surface area contributed by atoms with Gasteiger partial charge in [0.2, 0.25) is 0 Å². The third-order valence-corrected chi connectivity index (χ3v) is 1.58. The van der Waals surface area contributed by atoms with E-state index in [0.29, 0.717) is 0 Å². The van der Waals surface area contributed by atoms with Crippen molar-refractivity contribution in [3.8, 4) is 0 Å². The zero-order valence-electron chi connectivity index (χ0n) is 7.34. The summed E-state index contributed by atoms with van der Waals surface area (Å²) in [7, 11) is 0. The molecule has 0 fully saturated rings. The second kappa shape index (κ2) is 4.30. The topological polar surface area (TPSA) is 42.2 Å². The van der Waals surface area contributed by atoms with Crippen LogP contribution < -0.4 is 0 Å². The van der Waals surface area contributed by atoms with Crippen molar-refractivity contribution >= 4 is 17.2 Å². The van der Waals surface area contributed by atoms with Crippen molar-refractivity contribution in [2.75, 3.05) is 0 Å². The molecule has 0 saturated carbocycles. The predicted octanol–water partition coefficient (Wildman–Crippen LogP) is 2.08. The van der Waals surface area contributed by atoms with Crippen molar-refractivity contribution in [3.63, 3.8) is 0 Å². The molecule has 0 spiro atoms. The monoisotopic (exact) mass is 177 g/mol. The Morgan fingerprint density at radius 2 is 1.92 bits per heavy atom. The molecule has 0 aliphatic heterocycles. The Morgan fingerprint density at radius 1 is 1.31 bits per heavy atom. The highest BCUT2D eigenvalue weighted by atomic mass is 16.5. The van der Waals surface area contributed by atoms with Crippen molar-refractivity contribution in [2.45, 2.75) is 6.92 Å². The summed E-state index contributed by atoms with van der Waals surface area (Å²) >= 11 is 0. The van der Waals surface area contributed by atoms with Crippen molar-refractivity contribution in [1.82, 2.24) is 4.73 Å². The minimum absolute atomic E-state index is 0.750. The maximum atomic E-state index is 9.13. The van der Waals surface area contributed by atoms with E-state index in [2.05, 4.69) is 0 Å².